The molecule has 0 bridgehead atoms. The van der Waals surface area contributed by atoms with Gasteiger partial charge in [0.1, 0.15) is 23.6 Å². The molecular formula is C27H33N3O4. The van der Waals surface area contributed by atoms with Gasteiger partial charge in [-0.2, -0.15) is 5.26 Å². The summed E-state index contributed by atoms with van der Waals surface area (Å²) in [5, 5.41) is 12.6. The summed E-state index contributed by atoms with van der Waals surface area (Å²) >= 11 is 0. The minimum Gasteiger partial charge on any atom is -0.484 e. The van der Waals surface area contributed by atoms with E-state index in [1.165, 1.54) is 0 Å². The molecule has 1 saturated heterocycles. The second kappa shape index (κ2) is 9.05. The van der Waals surface area contributed by atoms with E-state index in [0.29, 0.717) is 31.1 Å². The molecule has 4 aliphatic rings. The largest absolute Gasteiger partial charge is 0.484 e. The molecule has 2 amide bonds. The zero-order valence-corrected chi connectivity index (χ0v) is 19.8. The number of carbonyl (C=O) groups excluding carboxylic acids is 3. The van der Waals surface area contributed by atoms with Crippen LogP contribution in [0.4, 0.5) is 0 Å². The molecule has 5 rings (SSSR count). The van der Waals surface area contributed by atoms with Crippen molar-refractivity contribution in [3.63, 3.8) is 0 Å². The molecular weight excluding hydrogens is 430 g/mol. The highest BCUT2D eigenvalue weighted by molar-refractivity contribution is 5.90. The first kappa shape index (κ1) is 22.9. The molecule has 1 N–H and O–H groups in total. The van der Waals surface area contributed by atoms with Gasteiger partial charge < -0.3 is 15.0 Å². The highest BCUT2D eigenvalue weighted by atomic mass is 16.5. The molecule has 3 aliphatic carbocycles. The first-order chi connectivity index (χ1) is 16.4. The Balaban J connectivity index is 1.23. The van der Waals surface area contributed by atoms with Crippen molar-refractivity contribution in [3.8, 4) is 11.8 Å². The van der Waals surface area contributed by atoms with E-state index in [9.17, 15) is 19.6 Å². The van der Waals surface area contributed by atoms with Crippen LogP contribution >= 0.6 is 0 Å². The highest BCUT2D eigenvalue weighted by Gasteiger charge is 2.53. The molecule has 7 nitrogen and oxygen atoms in total. The molecule has 1 aromatic rings. The normalized spacial score (nSPS) is 29.5. The summed E-state index contributed by atoms with van der Waals surface area (Å²) in [6.45, 7) is 2.43. The minimum absolute atomic E-state index is 0.116. The predicted octanol–water partition coefficient (Wildman–Crippen LogP) is 3.16. The van der Waals surface area contributed by atoms with Gasteiger partial charge in [-0.15, -0.1) is 0 Å². The Kier molecular flexibility index (Phi) is 6.09. The maximum atomic E-state index is 13.4. The van der Waals surface area contributed by atoms with Crippen molar-refractivity contribution in [2.24, 2.45) is 23.2 Å². The molecule has 0 unspecified atom stereocenters. The van der Waals surface area contributed by atoms with Crippen LogP contribution in [-0.4, -0.2) is 47.7 Å². The summed E-state index contributed by atoms with van der Waals surface area (Å²) in [7, 11) is 0. The molecule has 5 atom stereocenters. The fraction of sp³-hybridized carbons (Fsp3) is 0.630. The maximum absolute atomic E-state index is 13.4. The number of amides is 2. The van der Waals surface area contributed by atoms with Crippen LogP contribution in [0.3, 0.4) is 0 Å². The molecule has 34 heavy (non-hydrogen) atoms. The summed E-state index contributed by atoms with van der Waals surface area (Å²) < 4.78 is 5.70. The van der Waals surface area contributed by atoms with Crippen molar-refractivity contribution in [3.05, 3.63) is 29.8 Å². The molecule has 0 aromatic heterocycles. The van der Waals surface area contributed by atoms with Gasteiger partial charge in [-0.25, -0.2) is 0 Å². The number of likely N-dealkylation sites (tertiary alicyclic amines) is 1. The van der Waals surface area contributed by atoms with Gasteiger partial charge >= 0.3 is 0 Å². The van der Waals surface area contributed by atoms with Gasteiger partial charge in [-0.05, 0) is 74.8 Å². The number of fused-ring (bicyclic) bond motifs is 1. The summed E-state index contributed by atoms with van der Waals surface area (Å²) in [5.74, 6) is 0.668. The number of rotatable bonds is 7. The summed E-state index contributed by atoms with van der Waals surface area (Å²) in [6, 6.07) is 8.43. The molecule has 0 radical (unpaired) electrons. The van der Waals surface area contributed by atoms with Crippen LogP contribution in [0.2, 0.25) is 0 Å². The first-order valence-electron chi connectivity index (χ1n) is 12.6. The SMILES string of the molecule is Cc1ccc(OCC(=O)N2C[C@@H]3CCC[C@@H]3[C@H]2C(=O)N[C@H](C#N)C[C@@H]2CC3(CC3)CC2=O)cc1. The van der Waals surface area contributed by atoms with Crippen molar-refractivity contribution in [1.82, 2.24) is 10.2 Å². The van der Waals surface area contributed by atoms with Crippen molar-refractivity contribution in [2.45, 2.75) is 70.4 Å². The van der Waals surface area contributed by atoms with E-state index >= 15 is 0 Å². The molecule has 1 heterocycles. The summed E-state index contributed by atoms with van der Waals surface area (Å²) in [6.07, 6.45) is 7.02. The van der Waals surface area contributed by atoms with E-state index in [1.807, 2.05) is 31.2 Å². The van der Waals surface area contributed by atoms with E-state index in [4.69, 9.17) is 4.74 Å². The van der Waals surface area contributed by atoms with Crippen LogP contribution in [0.15, 0.2) is 24.3 Å². The molecule has 4 fully saturated rings. The number of hydrogen-bond acceptors (Lipinski definition) is 5. The van der Waals surface area contributed by atoms with Crippen LogP contribution in [0.25, 0.3) is 0 Å². The fourth-order valence-corrected chi connectivity index (χ4v) is 6.44. The van der Waals surface area contributed by atoms with Gasteiger partial charge in [0, 0.05) is 18.9 Å². The quantitative estimate of drug-likeness (QED) is 0.670. The number of ketones is 1. The fourth-order valence-electron chi connectivity index (χ4n) is 6.44. The maximum Gasteiger partial charge on any atom is 0.261 e. The number of ether oxygens (including phenoxy) is 1. The molecule has 1 aromatic carbocycles. The molecule has 180 valence electrons. The van der Waals surface area contributed by atoms with E-state index in [0.717, 1.165) is 44.1 Å². The number of nitrogens with zero attached hydrogens (tertiary/aromatic N) is 2. The topological polar surface area (TPSA) is 99.5 Å². The van der Waals surface area contributed by atoms with E-state index < -0.39 is 12.1 Å². The Bertz CT molecular complexity index is 1010. The minimum atomic E-state index is -0.712. The van der Waals surface area contributed by atoms with Gasteiger partial charge in [0.2, 0.25) is 5.91 Å². The second-order valence-electron chi connectivity index (χ2n) is 10.9. The van der Waals surface area contributed by atoms with Gasteiger partial charge in [-0.1, -0.05) is 24.1 Å². The Labute approximate surface area is 200 Å². The summed E-state index contributed by atoms with van der Waals surface area (Å²) in [5.41, 5.74) is 1.30. The zero-order valence-electron chi connectivity index (χ0n) is 19.8. The van der Waals surface area contributed by atoms with Gasteiger partial charge in [-0.3, -0.25) is 14.4 Å². The third-order valence-corrected chi connectivity index (χ3v) is 8.50. The molecule has 1 aliphatic heterocycles. The number of benzene rings is 1. The van der Waals surface area contributed by atoms with Crippen LogP contribution in [0.1, 0.15) is 56.9 Å². The van der Waals surface area contributed by atoms with Crippen molar-refractivity contribution < 1.29 is 19.1 Å². The number of Topliss-reactive ketones (excluding diaryl/α,β-unsaturated/α-hetero) is 1. The lowest BCUT2D eigenvalue weighted by molar-refractivity contribution is -0.141. The average molecular weight is 464 g/mol. The molecule has 7 heteroatoms. The Morgan fingerprint density at radius 1 is 1.26 bits per heavy atom. The third-order valence-electron chi connectivity index (χ3n) is 8.50. The van der Waals surface area contributed by atoms with Gasteiger partial charge in [0.05, 0.1) is 6.07 Å². The third kappa shape index (κ3) is 4.55. The second-order valence-corrected chi connectivity index (χ2v) is 10.9. The van der Waals surface area contributed by atoms with Crippen molar-refractivity contribution in [1.29, 1.82) is 5.26 Å². The zero-order chi connectivity index (χ0) is 23.9. The van der Waals surface area contributed by atoms with Crippen LogP contribution in [0.5, 0.6) is 5.75 Å². The monoisotopic (exact) mass is 463 g/mol. The number of aryl methyl sites for hydroxylation is 1. The standard InChI is InChI=1S/C27H33N3O4/c1-17-5-7-21(8-6-17)34-16-24(32)30-15-18-3-2-4-22(18)25(30)26(33)29-20(14-28)11-19-12-27(9-10-27)13-23(19)31/h5-8,18-20,22,25H,2-4,9-13,15-16H2,1H3,(H,29,33)/t18-,19+,20-,22-,25-/m0/s1. The van der Waals surface area contributed by atoms with Gasteiger partial charge in [0.25, 0.3) is 5.91 Å². The number of carbonyl (C=O) groups is 3. The van der Waals surface area contributed by atoms with Crippen LogP contribution < -0.4 is 10.1 Å². The van der Waals surface area contributed by atoms with E-state index in [-0.39, 0.29) is 41.5 Å². The number of nitriles is 1. The lowest BCUT2D eigenvalue weighted by Crippen LogP contribution is -2.52. The number of nitrogens with one attached hydrogen (secondary N) is 1. The van der Waals surface area contributed by atoms with E-state index in [1.54, 1.807) is 4.90 Å². The Morgan fingerprint density at radius 3 is 2.71 bits per heavy atom. The number of hydrogen-bond donors (Lipinski definition) is 1. The lowest BCUT2D eigenvalue weighted by Gasteiger charge is -2.28. The Morgan fingerprint density at radius 2 is 2.03 bits per heavy atom. The van der Waals surface area contributed by atoms with Crippen LogP contribution in [-0.2, 0) is 14.4 Å². The first-order valence-corrected chi connectivity index (χ1v) is 12.6. The highest BCUT2D eigenvalue weighted by Crippen LogP contribution is 2.58. The molecule has 1 spiro atoms. The van der Waals surface area contributed by atoms with Crippen molar-refractivity contribution >= 4 is 17.6 Å². The van der Waals surface area contributed by atoms with E-state index in [2.05, 4.69) is 11.4 Å². The lowest BCUT2D eigenvalue weighted by atomic mass is 9.92. The van der Waals surface area contributed by atoms with Gasteiger partial charge in [0.15, 0.2) is 6.61 Å². The van der Waals surface area contributed by atoms with Crippen molar-refractivity contribution in [2.75, 3.05) is 13.2 Å². The predicted molar refractivity (Wildman–Crippen MR) is 125 cm³/mol. The summed E-state index contributed by atoms with van der Waals surface area (Å²) in [4.78, 5) is 40.6. The average Bonchev–Trinajstić information content (AvgIpc) is 3.13. The van der Waals surface area contributed by atoms with Crippen LogP contribution in [0, 0.1) is 41.4 Å². The Hall–Kier alpha value is -2.88. The molecule has 3 saturated carbocycles. The smallest absolute Gasteiger partial charge is 0.261 e.